The van der Waals surface area contributed by atoms with E-state index in [1.807, 2.05) is 24.3 Å². The number of nitrogens with one attached hydrogen (secondary N) is 1. The minimum absolute atomic E-state index is 0.0395. The highest BCUT2D eigenvalue weighted by atomic mass is 16.5. The van der Waals surface area contributed by atoms with Crippen molar-refractivity contribution in [3.63, 3.8) is 0 Å². The summed E-state index contributed by atoms with van der Waals surface area (Å²) >= 11 is 0. The summed E-state index contributed by atoms with van der Waals surface area (Å²) in [6, 6.07) is 27.3. The number of nitrogens with zero attached hydrogens (tertiary/aromatic N) is 2. The van der Waals surface area contributed by atoms with E-state index in [4.69, 9.17) is 4.74 Å². The van der Waals surface area contributed by atoms with Crippen molar-refractivity contribution in [3.05, 3.63) is 101 Å². The Kier molecular flexibility index (Phi) is 6.39. The van der Waals surface area contributed by atoms with Crippen molar-refractivity contribution < 1.29 is 9.53 Å². The molecule has 0 heterocycles. The third-order valence-electron chi connectivity index (χ3n) is 4.14. The minimum atomic E-state index is -0.497. The molecule has 0 radical (unpaired) electrons. The Morgan fingerprint density at radius 1 is 0.931 bits per heavy atom. The summed E-state index contributed by atoms with van der Waals surface area (Å²) in [5.74, 6) is 0.0174. The van der Waals surface area contributed by atoms with Gasteiger partial charge in [-0.2, -0.15) is 10.5 Å². The molecule has 1 amide bonds. The second kappa shape index (κ2) is 9.55. The fourth-order valence-corrected chi connectivity index (χ4v) is 2.67. The molecular weight excluding hydrogens is 362 g/mol. The molecule has 5 nitrogen and oxygen atoms in total. The third-order valence-corrected chi connectivity index (χ3v) is 4.14. The van der Waals surface area contributed by atoms with Crippen LogP contribution in [0.3, 0.4) is 0 Å². The number of anilines is 1. The van der Waals surface area contributed by atoms with Crippen molar-refractivity contribution in [1.29, 1.82) is 10.5 Å². The summed E-state index contributed by atoms with van der Waals surface area (Å²) in [5, 5.41) is 21.4. The third kappa shape index (κ3) is 5.09. The Hall–Kier alpha value is -4.35. The van der Waals surface area contributed by atoms with E-state index in [0.717, 1.165) is 5.56 Å². The quantitative estimate of drug-likeness (QED) is 0.497. The van der Waals surface area contributed by atoms with Gasteiger partial charge in [-0.05, 0) is 30.3 Å². The van der Waals surface area contributed by atoms with Gasteiger partial charge in [0.1, 0.15) is 24.0 Å². The van der Waals surface area contributed by atoms with E-state index in [0.29, 0.717) is 22.6 Å². The highest BCUT2D eigenvalue weighted by Crippen LogP contribution is 2.23. The first kappa shape index (κ1) is 19.4. The van der Waals surface area contributed by atoms with Crippen LogP contribution in [0.2, 0.25) is 0 Å². The van der Waals surface area contributed by atoms with Crippen LogP contribution in [0.15, 0.2) is 84.4 Å². The van der Waals surface area contributed by atoms with Crippen molar-refractivity contribution in [2.45, 2.75) is 6.61 Å². The Bertz CT molecular complexity index is 1120. The molecule has 0 aromatic heterocycles. The van der Waals surface area contributed by atoms with Crippen LogP contribution < -0.4 is 10.1 Å². The number of ether oxygens (including phenoxy) is 1. The first-order valence-electron chi connectivity index (χ1n) is 8.89. The topological polar surface area (TPSA) is 85.9 Å². The molecule has 1 N–H and O–H groups in total. The van der Waals surface area contributed by atoms with Gasteiger partial charge in [0.05, 0.1) is 11.6 Å². The number of hydrogen-bond donors (Lipinski definition) is 1. The van der Waals surface area contributed by atoms with Crippen LogP contribution in [-0.2, 0) is 11.4 Å². The lowest BCUT2D eigenvalue weighted by molar-refractivity contribution is -0.112. The molecule has 5 heteroatoms. The van der Waals surface area contributed by atoms with Gasteiger partial charge >= 0.3 is 0 Å². The summed E-state index contributed by atoms with van der Waals surface area (Å²) < 4.78 is 5.87. The predicted molar refractivity (Wildman–Crippen MR) is 111 cm³/mol. The average molecular weight is 379 g/mol. The maximum Gasteiger partial charge on any atom is 0.266 e. The normalized spacial score (nSPS) is 10.5. The monoisotopic (exact) mass is 379 g/mol. The van der Waals surface area contributed by atoms with Crippen LogP contribution in [0.5, 0.6) is 5.75 Å². The second-order valence-corrected chi connectivity index (χ2v) is 6.09. The number of hydrogen-bond acceptors (Lipinski definition) is 4. The Morgan fingerprint density at radius 2 is 1.62 bits per heavy atom. The number of carbonyl (C=O) groups excluding carboxylic acids is 1. The molecule has 3 rings (SSSR count). The molecule has 0 fully saturated rings. The molecule has 0 bridgehead atoms. The van der Waals surface area contributed by atoms with Crippen LogP contribution in [0.4, 0.5) is 5.69 Å². The van der Waals surface area contributed by atoms with E-state index in [9.17, 15) is 15.3 Å². The number of rotatable bonds is 6. The van der Waals surface area contributed by atoms with Gasteiger partial charge in [0, 0.05) is 16.8 Å². The van der Waals surface area contributed by atoms with Crippen LogP contribution in [0.1, 0.15) is 16.7 Å². The predicted octanol–water partition coefficient (Wildman–Crippen LogP) is 4.68. The van der Waals surface area contributed by atoms with Crippen molar-refractivity contribution in [1.82, 2.24) is 0 Å². The van der Waals surface area contributed by atoms with Crippen molar-refractivity contribution in [2.24, 2.45) is 0 Å². The number of nitriles is 2. The zero-order valence-electron chi connectivity index (χ0n) is 15.5. The van der Waals surface area contributed by atoms with Crippen LogP contribution in [0, 0.1) is 22.7 Å². The summed E-state index contributed by atoms with van der Waals surface area (Å²) in [4.78, 5) is 12.4. The molecular formula is C24H17N3O2. The molecule has 0 spiro atoms. The van der Waals surface area contributed by atoms with Crippen molar-refractivity contribution in [3.8, 4) is 17.9 Å². The molecule has 0 aliphatic heterocycles. The smallest absolute Gasteiger partial charge is 0.266 e. The van der Waals surface area contributed by atoms with E-state index >= 15 is 0 Å². The number of benzene rings is 3. The first-order chi connectivity index (χ1) is 14.2. The van der Waals surface area contributed by atoms with E-state index in [1.165, 1.54) is 6.08 Å². The Labute approximate surface area is 169 Å². The maximum atomic E-state index is 12.4. The summed E-state index contributed by atoms with van der Waals surface area (Å²) in [6.45, 7) is 0.201. The number of amides is 1. The lowest BCUT2D eigenvalue weighted by atomic mass is 10.1. The molecule has 0 saturated heterocycles. The lowest BCUT2D eigenvalue weighted by Crippen LogP contribution is -2.13. The van der Waals surface area contributed by atoms with Gasteiger partial charge in [0.15, 0.2) is 0 Å². The molecule has 0 atom stereocenters. The molecule has 0 aliphatic rings. The molecule has 29 heavy (non-hydrogen) atoms. The first-order valence-corrected chi connectivity index (χ1v) is 8.89. The van der Waals surface area contributed by atoms with E-state index < -0.39 is 5.91 Å². The summed E-state index contributed by atoms with van der Waals surface area (Å²) in [7, 11) is 0. The van der Waals surface area contributed by atoms with E-state index in [1.54, 1.807) is 60.7 Å². The van der Waals surface area contributed by atoms with Gasteiger partial charge in [-0.1, -0.05) is 54.6 Å². The molecule has 140 valence electrons. The average Bonchev–Trinajstić information content (AvgIpc) is 2.77. The van der Waals surface area contributed by atoms with Crippen LogP contribution in [-0.4, -0.2) is 5.91 Å². The van der Waals surface area contributed by atoms with Crippen LogP contribution in [0.25, 0.3) is 6.08 Å². The summed E-state index contributed by atoms with van der Waals surface area (Å²) in [5.41, 5.74) is 2.47. The molecule has 3 aromatic carbocycles. The van der Waals surface area contributed by atoms with E-state index in [-0.39, 0.29) is 12.2 Å². The zero-order chi connectivity index (χ0) is 20.5. The standard InChI is InChI=1S/C24H17N3O2/c25-15-19-9-4-5-10-20(19)17-29-23-13-7-6-8-18(23)14-21(16-26)24(28)27-22-11-2-1-3-12-22/h1-14H,17H2,(H,27,28)/b21-14+. The van der Waals surface area contributed by atoms with Gasteiger partial charge in [-0.3, -0.25) is 4.79 Å². The van der Waals surface area contributed by atoms with Gasteiger partial charge in [0.25, 0.3) is 5.91 Å². The Balaban J connectivity index is 1.80. The fourth-order valence-electron chi connectivity index (χ4n) is 2.67. The van der Waals surface area contributed by atoms with E-state index in [2.05, 4.69) is 11.4 Å². The fraction of sp³-hybridized carbons (Fsp3) is 0.0417. The molecule has 0 saturated carbocycles. The highest BCUT2D eigenvalue weighted by molar-refractivity contribution is 6.09. The van der Waals surface area contributed by atoms with Crippen molar-refractivity contribution in [2.75, 3.05) is 5.32 Å². The number of carbonyl (C=O) groups is 1. The largest absolute Gasteiger partial charge is 0.488 e. The molecule has 3 aromatic rings. The maximum absolute atomic E-state index is 12.4. The lowest BCUT2D eigenvalue weighted by Gasteiger charge is -2.11. The van der Waals surface area contributed by atoms with Gasteiger partial charge < -0.3 is 10.1 Å². The summed E-state index contributed by atoms with van der Waals surface area (Å²) in [6.07, 6.45) is 1.49. The van der Waals surface area contributed by atoms with Gasteiger partial charge in [0.2, 0.25) is 0 Å². The highest BCUT2D eigenvalue weighted by Gasteiger charge is 2.11. The van der Waals surface area contributed by atoms with Crippen molar-refractivity contribution >= 4 is 17.7 Å². The number of para-hydroxylation sites is 2. The van der Waals surface area contributed by atoms with Gasteiger partial charge in [-0.15, -0.1) is 0 Å². The molecule has 0 aliphatic carbocycles. The Morgan fingerprint density at radius 3 is 2.38 bits per heavy atom. The molecule has 0 unspecified atom stereocenters. The SMILES string of the molecule is N#C/C(=C\c1ccccc1OCc1ccccc1C#N)C(=O)Nc1ccccc1. The second-order valence-electron chi connectivity index (χ2n) is 6.09. The minimum Gasteiger partial charge on any atom is -0.488 e. The van der Waals surface area contributed by atoms with Crippen LogP contribution >= 0.6 is 0 Å². The zero-order valence-corrected chi connectivity index (χ0v) is 15.5. The van der Waals surface area contributed by atoms with Gasteiger partial charge in [-0.25, -0.2) is 0 Å².